The molecule has 1 N–H and O–H groups in total. The van der Waals surface area contributed by atoms with E-state index in [1.165, 1.54) is 6.07 Å². The monoisotopic (exact) mass is 323 g/mol. The normalized spacial score (nSPS) is 12.7. The first-order valence-electron chi connectivity index (χ1n) is 6.82. The van der Waals surface area contributed by atoms with E-state index < -0.39 is 15.7 Å². The van der Waals surface area contributed by atoms with Crippen LogP contribution in [0.5, 0.6) is 5.75 Å². The van der Waals surface area contributed by atoms with E-state index in [2.05, 4.69) is 5.32 Å². The Bertz CT molecular complexity index is 747. The SMILES string of the molecule is C[C@H](CNc1ccccc1S(C)(=O)=O)Oc1ccccc1F. The molecule has 0 aliphatic rings. The van der Waals surface area contributed by atoms with Crippen molar-refractivity contribution >= 4 is 15.5 Å². The molecule has 0 radical (unpaired) electrons. The molecule has 2 rings (SSSR count). The third-order valence-corrected chi connectivity index (χ3v) is 4.19. The lowest BCUT2D eigenvalue weighted by Crippen LogP contribution is -2.23. The molecule has 0 aromatic heterocycles. The molecular formula is C16H18FNO3S. The van der Waals surface area contributed by atoms with Gasteiger partial charge in [0.1, 0.15) is 6.10 Å². The molecule has 0 fully saturated rings. The van der Waals surface area contributed by atoms with E-state index in [4.69, 9.17) is 4.74 Å². The molecule has 0 saturated carbocycles. The van der Waals surface area contributed by atoms with Crippen molar-refractivity contribution in [2.45, 2.75) is 17.9 Å². The van der Waals surface area contributed by atoms with Gasteiger partial charge in [-0.1, -0.05) is 24.3 Å². The second-order valence-corrected chi connectivity index (χ2v) is 6.99. The minimum Gasteiger partial charge on any atom is -0.486 e. The molecule has 6 heteroatoms. The number of anilines is 1. The minimum absolute atomic E-state index is 0.174. The highest BCUT2D eigenvalue weighted by Gasteiger charge is 2.14. The van der Waals surface area contributed by atoms with Gasteiger partial charge in [0.05, 0.1) is 17.1 Å². The summed E-state index contributed by atoms with van der Waals surface area (Å²) < 4.78 is 42.4. The third kappa shape index (κ3) is 4.21. The van der Waals surface area contributed by atoms with Crippen molar-refractivity contribution in [2.75, 3.05) is 18.1 Å². The number of rotatable bonds is 6. The van der Waals surface area contributed by atoms with E-state index in [0.29, 0.717) is 12.2 Å². The van der Waals surface area contributed by atoms with E-state index in [0.717, 1.165) is 6.26 Å². The highest BCUT2D eigenvalue weighted by atomic mass is 32.2. The number of hydrogen-bond donors (Lipinski definition) is 1. The van der Waals surface area contributed by atoms with E-state index in [1.54, 1.807) is 49.4 Å². The molecule has 0 heterocycles. The zero-order valence-corrected chi connectivity index (χ0v) is 13.2. The number of halogens is 1. The Labute approximate surface area is 129 Å². The van der Waals surface area contributed by atoms with Gasteiger partial charge >= 0.3 is 0 Å². The maximum Gasteiger partial charge on any atom is 0.177 e. The maximum absolute atomic E-state index is 13.5. The van der Waals surface area contributed by atoms with Gasteiger partial charge in [-0.05, 0) is 31.2 Å². The van der Waals surface area contributed by atoms with Crippen LogP contribution in [-0.4, -0.2) is 27.3 Å². The van der Waals surface area contributed by atoms with Crippen molar-refractivity contribution in [3.8, 4) is 5.75 Å². The predicted molar refractivity (Wildman–Crippen MR) is 84.5 cm³/mol. The summed E-state index contributed by atoms with van der Waals surface area (Å²) in [7, 11) is -3.31. The van der Waals surface area contributed by atoms with Gasteiger partial charge in [0.15, 0.2) is 21.4 Å². The van der Waals surface area contributed by atoms with Gasteiger partial charge in [-0.15, -0.1) is 0 Å². The topological polar surface area (TPSA) is 55.4 Å². The zero-order valence-electron chi connectivity index (χ0n) is 12.4. The van der Waals surface area contributed by atoms with Crippen molar-refractivity contribution in [3.63, 3.8) is 0 Å². The molecule has 0 aliphatic carbocycles. The van der Waals surface area contributed by atoms with Crippen molar-refractivity contribution in [3.05, 3.63) is 54.3 Å². The molecule has 0 aliphatic heterocycles. The Morgan fingerprint density at radius 1 is 1.14 bits per heavy atom. The summed E-state index contributed by atoms with van der Waals surface area (Å²) in [5.74, 6) is -0.251. The molecule has 2 aromatic rings. The number of hydrogen-bond acceptors (Lipinski definition) is 4. The fourth-order valence-corrected chi connectivity index (χ4v) is 2.85. The lowest BCUT2D eigenvalue weighted by molar-refractivity contribution is 0.224. The van der Waals surface area contributed by atoms with Crippen molar-refractivity contribution in [2.24, 2.45) is 0 Å². The van der Waals surface area contributed by atoms with Crippen LogP contribution in [0.2, 0.25) is 0 Å². The molecular weight excluding hydrogens is 305 g/mol. The Kier molecular flexibility index (Phi) is 5.03. The summed E-state index contributed by atoms with van der Waals surface area (Å²) in [6.45, 7) is 2.13. The van der Waals surface area contributed by atoms with Gasteiger partial charge in [0.25, 0.3) is 0 Å². The second kappa shape index (κ2) is 6.79. The summed E-state index contributed by atoms with van der Waals surface area (Å²) in [5.41, 5.74) is 0.508. The van der Waals surface area contributed by atoms with Crippen LogP contribution in [0.3, 0.4) is 0 Å². The van der Waals surface area contributed by atoms with Crippen LogP contribution < -0.4 is 10.1 Å². The van der Waals surface area contributed by atoms with E-state index in [1.807, 2.05) is 0 Å². The maximum atomic E-state index is 13.5. The molecule has 4 nitrogen and oxygen atoms in total. The predicted octanol–water partition coefficient (Wildman–Crippen LogP) is 3.11. The molecule has 118 valence electrons. The highest BCUT2D eigenvalue weighted by Crippen LogP contribution is 2.21. The van der Waals surface area contributed by atoms with Gasteiger partial charge in [-0.25, -0.2) is 12.8 Å². The number of nitrogens with one attached hydrogen (secondary N) is 1. The zero-order chi connectivity index (χ0) is 16.2. The molecule has 0 spiro atoms. The van der Waals surface area contributed by atoms with Gasteiger partial charge in [-0.3, -0.25) is 0 Å². The Balaban J connectivity index is 2.03. The van der Waals surface area contributed by atoms with Crippen LogP contribution in [0.25, 0.3) is 0 Å². The second-order valence-electron chi connectivity index (χ2n) is 5.01. The molecule has 0 saturated heterocycles. The summed E-state index contributed by atoms with van der Waals surface area (Å²) in [6.07, 6.45) is 0.830. The van der Waals surface area contributed by atoms with Crippen LogP contribution in [-0.2, 0) is 9.84 Å². The molecule has 0 amide bonds. The average Bonchev–Trinajstić information content (AvgIpc) is 2.47. The summed E-state index contributed by atoms with van der Waals surface area (Å²) in [4.78, 5) is 0.230. The first-order chi connectivity index (χ1) is 10.4. The van der Waals surface area contributed by atoms with Crippen LogP contribution in [0.4, 0.5) is 10.1 Å². The van der Waals surface area contributed by atoms with E-state index >= 15 is 0 Å². The number of para-hydroxylation sites is 2. The van der Waals surface area contributed by atoms with Crippen LogP contribution >= 0.6 is 0 Å². The molecule has 22 heavy (non-hydrogen) atoms. The Morgan fingerprint density at radius 3 is 2.45 bits per heavy atom. The smallest absolute Gasteiger partial charge is 0.177 e. The third-order valence-electron chi connectivity index (χ3n) is 3.03. The highest BCUT2D eigenvalue weighted by molar-refractivity contribution is 7.90. The quantitative estimate of drug-likeness (QED) is 0.887. The largest absolute Gasteiger partial charge is 0.486 e. The van der Waals surface area contributed by atoms with Crippen molar-refractivity contribution < 1.29 is 17.5 Å². The first kappa shape index (κ1) is 16.3. The molecule has 1 atom stereocenters. The fourth-order valence-electron chi connectivity index (χ4n) is 1.99. The summed E-state index contributed by atoms with van der Waals surface area (Å²) in [5, 5.41) is 3.03. The average molecular weight is 323 g/mol. The van der Waals surface area contributed by atoms with Crippen LogP contribution in [0, 0.1) is 5.82 Å². The van der Waals surface area contributed by atoms with Crippen LogP contribution in [0.15, 0.2) is 53.4 Å². The van der Waals surface area contributed by atoms with E-state index in [9.17, 15) is 12.8 Å². The number of sulfone groups is 1. The van der Waals surface area contributed by atoms with Gasteiger partial charge in [0, 0.05) is 6.26 Å². The summed E-state index contributed by atoms with van der Waals surface area (Å²) >= 11 is 0. The molecule has 0 unspecified atom stereocenters. The number of ether oxygens (including phenoxy) is 1. The standard InChI is InChI=1S/C16H18FNO3S/c1-12(21-15-9-5-3-7-13(15)17)11-18-14-8-4-6-10-16(14)22(2,19)20/h3-10,12,18H,11H2,1-2H3/t12-/m1/s1. The minimum atomic E-state index is -3.31. The van der Waals surface area contributed by atoms with E-state index in [-0.39, 0.29) is 16.7 Å². The Morgan fingerprint density at radius 2 is 1.77 bits per heavy atom. The summed E-state index contributed by atoms with van der Waals surface area (Å²) in [6, 6.07) is 12.8. The van der Waals surface area contributed by atoms with Gasteiger partial charge in [0.2, 0.25) is 0 Å². The van der Waals surface area contributed by atoms with Crippen molar-refractivity contribution in [1.82, 2.24) is 0 Å². The van der Waals surface area contributed by atoms with Gasteiger partial charge in [-0.2, -0.15) is 0 Å². The first-order valence-corrected chi connectivity index (χ1v) is 8.71. The lowest BCUT2D eigenvalue weighted by atomic mass is 10.3. The van der Waals surface area contributed by atoms with Crippen LogP contribution in [0.1, 0.15) is 6.92 Å². The van der Waals surface area contributed by atoms with Gasteiger partial charge < -0.3 is 10.1 Å². The van der Waals surface area contributed by atoms with Crippen molar-refractivity contribution in [1.29, 1.82) is 0 Å². The Hall–Kier alpha value is -2.08. The number of benzene rings is 2. The molecule has 0 bridgehead atoms. The molecule has 2 aromatic carbocycles. The fraction of sp³-hybridized carbons (Fsp3) is 0.250. The lowest BCUT2D eigenvalue weighted by Gasteiger charge is -2.17.